The van der Waals surface area contributed by atoms with Crippen LogP contribution in [0.1, 0.15) is 24.5 Å². The molecule has 1 aliphatic rings. The third kappa shape index (κ3) is 5.01. The maximum atomic E-state index is 13.0. The van der Waals surface area contributed by atoms with Gasteiger partial charge in [0.15, 0.2) is 0 Å². The summed E-state index contributed by atoms with van der Waals surface area (Å²) >= 11 is 0. The van der Waals surface area contributed by atoms with Crippen LogP contribution in [0.3, 0.4) is 0 Å². The van der Waals surface area contributed by atoms with Gasteiger partial charge in [-0.1, -0.05) is 17.2 Å². The molecule has 24 heavy (non-hydrogen) atoms. The molecule has 2 rings (SSSR count). The standard InChI is InChI=1S/C16H22FN3O3S/c1-22-16(15(10-17)19-20-18)13-2-4-14(5-3-13)24(21)11-12-6-8-23-9-7-12/h2-5,12,15-16H,6-11H2,1H3/t15-,16-,24?/m1/s1. The Morgan fingerprint density at radius 2 is 2.08 bits per heavy atom. The number of alkyl halides is 1. The summed E-state index contributed by atoms with van der Waals surface area (Å²) in [4.78, 5) is 3.39. The van der Waals surface area contributed by atoms with E-state index >= 15 is 0 Å². The predicted molar refractivity (Wildman–Crippen MR) is 89.9 cm³/mol. The second kappa shape index (κ2) is 9.74. The lowest BCUT2D eigenvalue weighted by molar-refractivity contribution is 0.0721. The summed E-state index contributed by atoms with van der Waals surface area (Å²) < 4.78 is 36.1. The van der Waals surface area contributed by atoms with Gasteiger partial charge < -0.3 is 9.47 Å². The first-order valence-electron chi connectivity index (χ1n) is 7.88. The highest BCUT2D eigenvalue weighted by Gasteiger charge is 2.23. The Labute approximate surface area is 143 Å². The molecule has 0 spiro atoms. The van der Waals surface area contributed by atoms with E-state index in [4.69, 9.17) is 15.0 Å². The van der Waals surface area contributed by atoms with Crippen molar-refractivity contribution in [1.82, 2.24) is 0 Å². The number of hydrogen-bond donors (Lipinski definition) is 0. The van der Waals surface area contributed by atoms with Crippen LogP contribution in [0.15, 0.2) is 34.3 Å². The molecule has 1 unspecified atom stereocenters. The summed E-state index contributed by atoms with van der Waals surface area (Å²) in [5.41, 5.74) is 9.21. The summed E-state index contributed by atoms with van der Waals surface area (Å²) in [6.07, 6.45) is 1.23. The number of rotatable bonds is 8. The largest absolute Gasteiger partial charge is 0.381 e. The van der Waals surface area contributed by atoms with E-state index in [-0.39, 0.29) is 0 Å². The van der Waals surface area contributed by atoms with Crippen LogP contribution in [-0.4, -0.2) is 43.0 Å². The van der Waals surface area contributed by atoms with Crippen molar-refractivity contribution in [1.29, 1.82) is 0 Å². The fourth-order valence-electron chi connectivity index (χ4n) is 2.79. The molecule has 1 saturated heterocycles. The zero-order chi connectivity index (χ0) is 17.4. The van der Waals surface area contributed by atoms with E-state index < -0.39 is 29.6 Å². The van der Waals surface area contributed by atoms with Gasteiger partial charge in [-0.2, -0.15) is 0 Å². The molecule has 0 aliphatic carbocycles. The Balaban J connectivity index is 2.05. The summed E-state index contributed by atoms with van der Waals surface area (Å²) in [7, 11) is 0.369. The van der Waals surface area contributed by atoms with Gasteiger partial charge in [0, 0.05) is 35.9 Å². The minimum atomic E-state index is -1.07. The number of ether oxygens (including phenoxy) is 2. The topological polar surface area (TPSA) is 84.3 Å². The van der Waals surface area contributed by atoms with Crippen LogP contribution in [0.25, 0.3) is 10.4 Å². The van der Waals surface area contributed by atoms with Crippen LogP contribution < -0.4 is 0 Å². The van der Waals surface area contributed by atoms with Crippen molar-refractivity contribution in [2.24, 2.45) is 11.0 Å². The highest BCUT2D eigenvalue weighted by molar-refractivity contribution is 7.85. The van der Waals surface area contributed by atoms with Crippen molar-refractivity contribution in [3.8, 4) is 0 Å². The minimum absolute atomic E-state index is 0.423. The third-order valence-corrected chi connectivity index (χ3v) is 5.73. The van der Waals surface area contributed by atoms with Crippen LogP contribution in [0.5, 0.6) is 0 Å². The van der Waals surface area contributed by atoms with Crippen molar-refractivity contribution in [3.63, 3.8) is 0 Å². The molecule has 1 fully saturated rings. The average Bonchev–Trinajstić information content (AvgIpc) is 2.63. The molecule has 0 saturated carbocycles. The van der Waals surface area contributed by atoms with Gasteiger partial charge in [0.2, 0.25) is 0 Å². The lowest BCUT2D eigenvalue weighted by atomic mass is 10.0. The van der Waals surface area contributed by atoms with Crippen LogP contribution in [0, 0.1) is 5.92 Å². The number of methoxy groups -OCH3 is 1. The fourth-order valence-corrected chi connectivity index (χ4v) is 4.18. The molecular formula is C16H22FN3O3S. The Bertz CT molecular complexity index is 587. The molecule has 8 heteroatoms. The highest BCUT2D eigenvalue weighted by Crippen LogP contribution is 2.25. The average molecular weight is 355 g/mol. The number of benzene rings is 1. The highest BCUT2D eigenvalue weighted by atomic mass is 32.2. The van der Waals surface area contributed by atoms with Crippen LogP contribution >= 0.6 is 0 Å². The van der Waals surface area contributed by atoms with Gasteiger partial charge in [0.1, 0.15) is 6.67 Å². The molecule has 0 radical (unpaired) electrons. The van der Waals surface area contributed by atoms with Gasteiger partial charge >= 0.3 is 0 Å². The number of halogens is 1. The first-order valence-corrected chi connectivity index (χ1v) is 9.20. The normalized spacial score (nSPS) is 19.2. The summed E-state index contributed by atoms with van der Waals surface area (Å²) in [5, 5.41) is 3.43. The zero-order valence-corrected chi connectivity index (χ0v) is 14.5. The molecule has 1 aromatic carbocycles. The molecular weight excluding hydrogens is 333 g/mol. The molecule has 1 heterocycles. The molecule has 6 nitrogen and oxygen atoms in total. The molecule has 1 aliphatic heterocycles. The fraction of sp³-hybridized carbons (Fsp3) is 0.625. The third-order valence-electron chi connectivity index (χ3n) is 4.16. The summed E-state index contributed by atoms with van der Waals surface area (Å²) in [5.74, 6) is 1.05. The molecule has 0 amide bonds. The smallest absolute Gasteiger partial charge is 0.101 e. The SMILES string of the molecule is CO[C@H](c1ccc(S(=O)CC2CCOCC2)cc1)[C@@H](CF)N=[N+]=[N-]. The van der Waals surface area contributed by atoms with E-state index in [1.165, 1.54) is 7.11 Å². The molecule has 0 aromatic heterocycles. The molecule has 132 valence electrons. The minimum Gasteiger partial charge on any atom is -0.381 e. The molecule has 0 bridgehead atoms. The van der Waals surface area contributed by atoms with Crippen molar-refractivity contribution in [3.05, 3.63) is 40.3 Å². The summed E-state index contributed by atoms with van der Waals surface area (Å²) in [6, 6.07) is 6.12. The van der Waals surface area contributed by atoms with E-state index in [9.17, 15) is 8.60 Å². The maximum Gasteiger partial charge on any atom is 0.101 e. The molecule has 1 aromatic rings. The maximum absolute atomic E-state index is 13.0. The van der Waals surface area contributed by atoms with Gasteiger partial charge in [-0.05, 0) is 42.0 Å². The van der Waals surface area contributed by atoms with Crippen LogP contribution in [-0.2, 0) is 20.3 Å². The second-order valence-electron chi connectivity index (χ2n) is 5.72. The van der Waals surface area contributed by atoms with E-state index in [1.54, 1.807) is 24.3 Å². The monoisotopic (exact) mass is 355 g/mol. The Morgan fingerprint density at radius 1 is 1.42 bits per heavy atom. The van der Waals surface area contributed by atoms with Gasteiger partial charge in [-0.15, -0.1) is 0 Å². The van der Waals surface area contributed by atoms with E-state index in [0.29, 0.717) is 17.2 Å². The lowest BCUT2D eigenvalue weighted by Gasteiger charge is -2.22. The van der Waals surface area contributed by atoms with Gasteiger partial charge in [0.05, 0.1) is 22.9 Å². The van der Waals surface area contributed by atoms with Crippen molar-refractivity contribution >= 4 is 10.8 Å². The second-order valence-corrected chi connectivity index (χ2v) is 7.22. The van der Waals surface area contributed by atoms with E-state index in [0.717, 1.165) is 31.0 Å². The van der Waals surface area contributed by atoms with E-state index in [1.807, 2.05) is 0 Å². The zero-order valence-electron chi connectivity index (χ0n) is 13.6. The Morgan fingerprint density at radius 3 is 2.62 bits per heavy atom. The number of azide groups is 1. The van der Waals surface area contributed by atoms with E-state index in [2.05, 4.69) is 10.0 Å². The van der Waals surface area contributed by atoms with Crippen molar-refractivity contribution in [2.45, 2.75) is 29.9 Å². The first-order chi connectivity index (χ1) is 11.7. The Hall–Kier alpha value is -1.47. The van der Waals surface area contributed by atoms with Gasteiger partial charge in [0.25, 0.3) is 0 Å². The quantitative estimate of drug-likeness (QED) is 0.406. The van der Waals surface area contributed by atoms with Crippen LogP contribution in [0.4, 0.5) is 4.39 Å². The molecule has 0 N–H and O–H groups in total. The van der Waals surface area contributed by atoms with Gasteiger partial charge in [-0.3, -0.25) is 8.60 Å². The van der Waals surface area contributed by atoms with Crippen molar-refractivity contribution < 1.29 is 18.1 Å². The Kier molecular flexibility index (Phi) is 7.65. The lowest BCUT2D eigenvalue weighted by Crippen LogP contribution is -2.21. The molecule has 3 atom stereocenters. The van der Waals surface area contributed by atoms with Gasteiger partial charge in [-0.25, -0.2) is 0 Å². The number of nitrogens with zero attached hydrogens (tertiary/aromatic N) is 3. The first kappa shape index (κ1) is 18.9. The summed E-state index contributed by atoms with van der Waals surface area (Å²) in [6.45, 7) is 0.667. The van der Waals surface area contributed by atoms with Crippen molar-refractivity contribution in [2.75, 3.05) is 32.8 Å². The van der Waals surface area contributed by atoms with Crippen LogP contribution in [0.2, 0.25) is 0 Å². The predicted octanol–water partition coefficient (Wildman–Crippen LogP) is 3.56. The number of hydrogen-bond acceptors (Lipinski definition) is 4.